The number of halogens is 1. The molecule has 266 valence electrons. The van der Waals surface area contributed by atoms with Crippen molar-refractivity contribution in [2.75, 3.05) is 12.2 Å². The van der Waals surface area contributed by atoms with Gasteiger partial charge in [-0.2, -0.15) is 0 Å². The number of ether oxygens (including phenoxy) is 3. The van der Waals surface area contributed by atoms with Crippen LogP contribution in [-0.4, -0.2) is 79.9 Å². The van der Waals surface area contributed by atoms with Gasteiger partial charge in [0.25, 0.3) is 5.69 Å². The number of hydrogen-bond donors (Lipinski definition) is 6. The standard InChI is InChI=1S/C33H34N4O12.ClH/c1-14-28(39)20(35-36(34)16-6-4-7-17(10-16)37(45)46)11-23(48-14)49-22-13-33(44,15(2)38)12-19-25(22)32(43)27-26(30(19)41)29(40)18-8-5-9-21(47-3)24(18)31(27)42;/h4-10,14,20,22-23,28,35,39,41,43-44H,11-13,34H2,1-3H3;1H/t14?,20?,22-,23?,28?,33-;/m0./s1. The number of aromatic hydroxyl groups is 2. The van der Waals surface area contributed by atoms with Crippen molar-refractivity contribution in [3.05, 3.63) is 86.0 Å². The average Bonchev–Trinajstić information content (AvgIpc) is 3.06. The number of carbonyl (C=O) groups excluding carboxylic acids is 3. The lowest BCUT2D eigenvalue weighted by Crippen LogP contribution is -2.60. The number of methoxy groups -OCH3 is 1. The molecule has 0 aromatic heterocycles. The maximum absolute atomic E-state index is 13.9. The topological polar surface area (TPSA) is 244 Å². The molecule has 6 rings (SSSR count). The van der Waals surface area contributed by atoms with Gasteiger partial charge < -0.3 is 34.6 Å². The number of fused-ring (bicyclic) bond motifs is 3. The smallest absolute Gasteiger partial charge is 0.271 e. The number of benzene rings is 3. The van der Waals surface area contributed by atoms with Crippen molar-refractivity contribution in [1.29, 1.82) is 0 Å². The lowest BCUT2D eigenvalue weighted by Gasteiger charge is -2.43. The zero-order valence-corrected chi connectivity index (χ0v) is 27.8. The summed E-state index contributed by atoms with van der Waals surface area (Å²) in [7, 11) is 1.32. The van der Waals surface area contributed by atoms with Crippen LogP contribution in [0, 0.1) is 10.1 Å². The number of nitrogens with zero attached hydrogens (tertiary/aromatic N) is 2. The van der Waals surface area contributed by atoms with E-state index >= 15 is 0 Å². The fraction of sp³-hybridized carbons (Fsp3) is 0.364. The number of nitrogens with two attached hydrogens (primary N) is 1. The molecule has 17 heteroatoms. The fourth-order valence-electron chi connectivity index (χ4n) is 6.76. The first-order valence-electron chi connectivity index (χ1n) is 15.3. The second kappa shape index (κ2) is 13.6. The van der Waals surface area contributed by atoms with Gasteiger partial charge in [0, 0.05) is 48.1 Å². The minimum Gasteiger partial charge on any atom is -0.507 e. The highest BCUT2D eigenvalue weighted by Gasteiger charge is 2.49. The first-order chi connectivity index (χ1) is 23.2. The average molecular weight is 715 g/mol. The van der Waals surface area contributed by atoms with Crippen LogP contribution in [0.5, 0.6) is 17.2 Å². The zero-order valence-electron chi connectivity index (χ0n) is 27.0. The highest BCUT2D eigenvalue weighted by molar-refractivity contribution is 6.31. The number of rotatable bonds is 8. The first kappa shape index (κ1) is 36.6. The third-order valence-electron chi connectivity index (χ3n) is 9.38. The summed E-state index contributed by atoms with van der Waals surface area (Å²) in [4.78, 5) is 51.0. The number of nitro benzene ring substituents is 1. The van der Waals surface area contributed by atoms with Gasteiger partial charge in [-0.05, 0) is 26.0 Å². The van der Waals surface area contributed by atoms with Crippen LogP contribution in [0.15, 0.2) is 42.5 Å². The minimum atomic E-state index is -2.10. The van der Waals surface area contributed by atoms with E-state index in [1.54, 1.807) is 6.92 Å². The van der Waals surface area contributed by atoms with E-state index in [9.17, 15) is 44.9 Å². The minimum absolute atomic E-state index is 0. The molecular weight excluding hydrogens is 680 g/mol. The predicted octanol–water partition coefficient (Wildman–Crippen LogP) is 2.29. The van der Waals surface area contributed by atoms with Crippen molar-refractivity contribution < 1.29 is 53.9 Å². The van der Waals surface area contributed by atoms with Gasteiger partial charge >= 0.3 is 0 Å². The van der Waals surface area contributed by atoms with Gasteiger partial charge in [0.2, 0.25) is 5.78 Å². The molecule has 4 unspecified atom stereocenters. The van der Waals surface area contributed by atoms with Crippen LogP contribution < -0.4 is 21.1 Å². The summed E-state index contributed by atoms with van der Waals surface area (Å²) in [5.41, 5.74) is -0.613. The number of non-ortho nitro benzene ring substituents is 1. The number of nitro groups is 1. The van der Waals surface area contributed by atoms with Crippen molar-refractivity contribution in [2.24, 2.45) is 5.84 Å². The SMILES string of the molecule is COc1cccc2c1C(=O)c1c(O)c3c(c(O)c1C2=O)C[C@@](O)(C(C)=O)C[C@@H]3OC1CC(NN(N)c2cccc([N+](=O)[O-])c2)C(O)C(C)O1.Cl. The molecule has 7 N–H and O–H groups in total. The largest absolute Gasteiger partial charge is 0.507 e. The summed E-state index contributed by atoms with van der Waals surface area (Å²) in [5.74, 6) is 2.64. The number of hydrogen-bond acceptors (Lipinski definition) is 15. The van der Waals surface area contributed by atoms with Gasteiger partial charge in [-0.25, -0.2) is 16.4 Å². The molecule has 16 nitrogen and oxygen atoms in total. The highest BCUT2D eigenvalue weighted by Crippen LogP contribution is 2.52. The lowest BCUT2D eigenvalue weighted by molar-refractivity contribution is -0.384. The molecule has 1 heterocycles. The number of phenolic OH excluding ortho intramolecular Hbond substituents is 2. The molecule has 1 saturated heterocycles. The number of nitrogens with one attached hydrogen (secondary N) is 1. The van der Waals surface area contributed by atoms with Crippen molar-refractivity contribution in [3.63, 3.8) is 0 Å². The maximum Gasteiger partial charge on any atom is 0.271 e. The van der Waals surface area contributed by atoms with Crippen LogP contribution in [0.4, 0.5) is 11.4 Å². The fourth-order valence-corrected chi connectivity index (χ4v) is 6.76. The quantitative estimate of drug-likeness (QED) is 0.0664. The molecule has 0 amide bonds. The van der Waals surface area contributed by atoms with Crippen molar-refractivity contribution in [3.8, 4) is 17.2 Å². The number of aliphatic hydroxyl groups is 2. The molecule has 1 aliphatic heterocycles. The molecule has 1 fully saturated rings. The number of carbonyl (C=O) groups is 3. The second-order valence-corrected chi connectivity index (χ2v) is 12.4. The van der Waals surface area contributed by atoms with Crippen molar-refractivity contribution >= 4 is 41.1 Å². The highest BCUT2D eigenvalue weighted by atomic mass is 35.5. The van der Waals surface area contributed by atoms with Gasteiger partial charge in [-0.3, -0.25) is 24.5 Å². The van der Waals surface area contributed by atoms with E-state index in [2.05, 4.69) is 5.43 Å². The summed E-state index contributed by atoms with van der Waals surface area (Å²) in [6.45, 7) is 2.70. The molecule has 0 saturated carbocycles. The van der Waals surface area contributed by atoms with E-state index in [1.807, 2.05) is 0 Å². The molecule has 50 heavy (non-hydrogen) atoms. The summed E-state index contributed by atoms with van der Waals surface area (Å²) < 4.78 is 17.5. The number of phenols is 2. The summed E-state index contributed by atoms with van der Waals surface area (Å²) >= 11 is 0. The Morgan fingerprint density at radius 3 is 2.46 bits per heavy atom. The van der Waals surface area contributed by atoms with Gasteiger partial charge in [0.1, 0.15) is 22.8 Å². The number of hydrazine groups is 2. The summed E-state index contributed by atoms with van der Waals surface area (Å²) in [5, 5.41) is 57.9. The Kier molecular flexibility index (Phi) is 9.92. The third-order valence-corrected chi connectivity index (χ3v) is 9.38. The Bertz CT molecular complexity index is 1910. The van der Waals surface area contributed by atoms with Crippen LogP contribution in [0.2, 0.25) is 0 Å². The molecule has 3 aliphatic rings. The molecule has 2 aliphatic carbocycles. The van der Waals surface area contributed by atoms with Crippen LogP contribution in [-0.2, 0) is 20.7 Å². The van der Waals surface area contributed by atoms with Crippen LogP contribution in [0.25, 0.3) is 0 Å². The van der Waals surface area contributed by atoms with E-state index in [0.29, 0.717) is 0 Å². The van der Waals surface area contributed by atoms with Crippen LogP contribution >= 0.6 is 12.4 Å². The molecule has 0 radical (unpaired) electrons. The Morgan fingerprint density at radius 2 is 1.80 bits per heavy atom. The molecular formula is C33H35ClN4O12. The molecule has 0 bridgehead atoms. The van der Waals surface area contributed by atoms with E-state index in [0.717, 1.165) is 12.0 Å². The van der Waals surface area contributed by atoms with Crippen molar-refractivity contribution in [2.45, 2.75) is 69.4 Å². The zero-order chi connectivity index (χ0) is 35.5. The second-order valence-electron chi connectivity index (χ2n) is 12.4. The van der Waals surface area contributed by atoms with Gasteiger partial charge in [0.15, 0.2) is 17.9 Å². The molecule has 6 atom stereocenters. The predicted molar refractivity (Wildman–Crippen MR) is 176 cm³/mol. The first-order valence-corrected chi connectivity index (χ1v) is 15.3. The van der Waals surface area contributed by atoms with Crippen molar-refractivity contribution in [1.82, 2.24) is 5.43 Å². The number of ketones is 3. The van der Waals surface area contributed by atoms with Crippen LogP contribution in [0.1, 0.15) is 75.8 Å². The normalized spacial score (nSPS) is 25.4. The third kappa shape index (κ3) is 6.04. The van der Waals surface area contributed by atoms with Crippen LogP contribution in [0.3, 0.4) is 0 Å². The van der Waals surface area contributed by atoms with E-state index in [-0.39, 0.29) is 58.2 Å². The molecule has 0 spiro atoms. The Morgan fingerprint density at radius 1 is 1.12 bits per heavy atom. The lowest BCUT2D eigenvalue weighted by atomic mass is 9.72. The number of aliphatic hydroxyl groups excluding tert-OH is 1. The Hall–Kier alpha value is -4.68. The molecule has 3 aromatic carbocycles. The number of Topliss-reactive ketones (excluding diaryl/α,β-unsaturated/α-hetero) is 1. The van der Waals surface area contributed by atoms with E-state index in [1.165, 1.54) is 49.6 Å². The monoisotopic (exact) mass is 714 g/mol. The Labute approximate surface area is 290 Å². The molecule has 3 aromatic rings. The van der Waals surface area contributed by atoms with Gasteiger partial charge in [-0.1, -0.05) is 18.2 Å². The number of anilines is 1. The summed E-state index contributed by atoms with van der Waals surface area (Å²) in [6, 6.07) is 8.98. The Balaban J connectivity index is 0.00000486. The van der Waals surface area contributed by atoms with E-state index < -0.39 is 94.0 Å². The summed E-state index contributed by atoms with van der Waals surface area (Å²) in [6.07, 6.45) is -5.59. The maximum atomic E-state index is 13.9. The van der Waals surface area contributed by atoms with E-state index in [4.69, 9.17) is 20.1 Å². The van der Waals surface area contributed by atoms with Gasteiger partial charge in [-0.15, -0.1) is 12.4 Å². The van der Waals surface area contributed by atoms with Gasteiger partial charge in [0.05, 0.1) is 58.8 Å².